The Balaban J connectivity index is 1.68. The molecule has 9 heteroatoms. The van der Waals surface area contributed by atoms with Gasteiger partial charge in [-0.1, -0.05) is 30.3 Å². The average Bonchev–Trinajstić information content (AvgIpc) is 2.74. The highest BCUT2D eigenvalue weighted by Gasteiger charge is 2.34. The fraction of sp³-hybridized carbons (Fsp3) is 0.417. The minimum Gasteiger partial charge on any atom is -0.444 e. The van der Waals surface area contributed by atoms with Crippen molar-refractivity contribution in [1.29, 1.82) is 0 Å². The lowest BCUT2D eigenvalue weighted by Gasteiger charge is -2.38. The van der Waals surface area contributed by atoms with Crippen LogP contribution in [0.5, 0.6) is 0 Å². The van der Waals surface area contributed by atoms with Crippen LogP contribution in [0.4, 0.5) is 16.3 Å². The van der Waals surface area contributed by atoms with Crippen LogP contribution in [0.3, 0.4) is 0 Å². The van der Waals surface area contributed by atoms with Crippen molar-refractivity contribution in [3.8, 4) is 0 Å². The maximum atomic E-state index is 13.0. The van der Waals surface area contributed by atoms with E-state index in [0.29, 0.717) is 36.5 Å². The molecule has 0 radical (unpaired) electrons. The van der Waals surface area contributed by atoms with E-state index in [9.17, 15) is 14.4 Å². The first-order chi connectivity index (χ1) is 15.5. The number of nitrogens with one attached hydrogen (secondary N) is 2. The van der Waals surface area contributed by atoms with E-state index in [1.807, 2.05) is 30.3 Å². The van der Waals surface area contributed by atoms with E-state index in [-0.39, 0.29) is 12.1 Å². The minimum atomic E-state index is -0.750. The van der Waals surface area contributed by atoms with Gasteiger partial charge in [-0.3, -0.25) is 14.9 Å². The normalized spacial score (nSPS) is 18.4. The molecule has 0 unspecified atom stereocenters. The molecule has 0 aliphatic carbocycles. The number of benzene rings is 1. The fourth-order valence-corrected chi connectivity index (χ4v) is 3.72. The van der Waals surface area contributed by atoms with Gasteiger partial charge in [0, 0.05) is 12.6 Å². The maximum Gasteiger partial charge on any atom is 0.413 e. The first-order valence-corrected chi connectivity index (χ1v) is 10.9. The molecule has 1 aliphatic heterocycles. The molecule has 1 aromatic heterocycles. The van der Waals surface area contributed by atoms with Crippen molar-refractivity contribution >= 4 is 29.4 Å². The number of nitrogens with zero attached hydrogens (tertiary/aromatic N) is 2. The number of ether oxygens (including phenoxy) is 1. The van der Waals surface area contributed by atoms with Crippen LogP contribution in [0.1, 0.15) is 50.8 Å². The summed E-state index contributed by atoms with van der Waals surface area (Å²) in [4.78, 5) is 43.5. The summed E-state index contributed by atoms with van der Waals surface area (Å²) < 4.78 is 5.23. The van der Waals surface area contributed by atoms with Crippen LogP contribution in [0.2, 0.25) is 0 Å². The zero-order valence-electron chi connectivity index (χ0n) is 19.4. The Kier molecular flexibility index (Phi) is 7.33. The number of nitrogens with two attached hydrogens (primary N) is 1. The predicted octanol–water partition coefficient (Wildman–Crippen LogP) is 3.37. The number of piperidine rings is 1. The van der Waals surface area contributed by atoms with E-state index in [2.05, 4.69) is 15.6 Å². The molecule has 0 bridgehead atoms. The Labute approximate surface area is 193 Å². The topological polar surface area (TPSA) is 127 Å². The second-order valence-electron chi connectivity index (χ2n) is 9.18. The van der Waals surface area contributed by atoms with Gasteiger partial charge >= 0.3 is 17.9 Å². The first-order valence-electron chi connectivity index (χ1n) is 10.9. The Hall–Kier alpha value is -3.46. The van der Waals surface area contributed by atoms with Crippen LogP contribution in [0.25, 0.3) is 0 Å². The van der Waals surface area contributed by atoms with E-state index in [1.165, 1.54) is 6.20 Å². The van der Waals surface area contributed by atoms with E-state index in [4.69, 9.17) is 10.5 Å². The molecule has 3 amide bonds. The number of hydrogen-bond donors (Lipinski definition) is 3. The third-order valence-electron chi connectivity index (χ3n) is 5.24. The summed E-state index contributed by atoms with van der Waals surface area (Å²) in [5.41, 5.74) is 7.41. The Morgan fingerprint density at radius 2 is 1.85 bits per heavy atom. The van der Waals surface area contributed by atoms with E-state index >= 15 is 0 Å². The third-order valence-corrected chi connectivity index (χ3v) is 5.24. The quantitative estimate of drug-likeness (QED) is 0.612. The summed E-state index contributed by atoms with van der Waals surface area (Å²) in [5.74, 6) is -1.06. The average molecular weight is 454 g/mol. The molecule has 1 fully saturated rings. The van der Waals surface area contributed by atoms with Gasteiger partial charge in [-0.2, -0.15) is 0 Å². The van der Waals surface area contributed by atoms with Crippen molar-refractivity contribution in [2.75, 3.05) is 17.2 Å². The van der Waals surface area contributed by atoms with E-state index < -0.39 is 23.5 Å². The van der Waals surface area contributed by atoms with Crippen LogP contribution in [0, 0.1) is 6.92 Å². The number of anilines is 2. The van der Waals surface area contributed by atoms with E-state index in [0.717, 1.165) is 5.56 Å². The highest BCUT2D eigenvalue weighted by atomic mass is 16.6. The van der Waals surface area contributed by atoms with Crippen molar-refractivity contribution < 1.29 is 19.1 Å². The third kappa shape index (κ3) is 6.52. The minimum absolute atomic E-state index is 0.0285. The number of pyridine rings is 1. The van der Waals surface area contributed by atoms with Gasteiger partial charge in [-0.05, 0) is 57.7 Å². The Bertz CT molecular complexity index is 1020. The number of amides is 3. The standard InChI is InChI=1S/C24H31N5O4/c1-15-12-18(14-26-20(15)28-23(32)33-24(2,3)4)27-21(30)22(31)29-11-10-17(25)13-19(29)16-8-6-5-7-9-16/h5-9,12,14,17,19H,10-11,13,25H2,1-4H3,(H,27,30)(H,26,28,32)/t17-,19+/m0/s1. The number of aromatic nitrogens is 1. The van der Waals surface area contributed by atoms with Crippen LogP contribution in [0.15, 0.2) is 42.6 Å². The summed E-state index contributed by atoms with van der Waals surface area (Å²) in [7, 11) is 0. The number of carbonyl (C=O) groups excluding carboxylic acids is 3. The molecule has 4 N–H and O–H groups in total. The SMILES string of the molecule is Cc1cc(NC(=O)C(=O)N2CC[C@H](N)C[C@@H]2c2ccccc2)cnc1NC(=O)OC(C)(C)C. The molecular formula is C24H31N5O4. The molecule has 2 aromatic rings. The van der Waals surface area contributed by atoms with Gasteiger partial charge in [0.1, 0.15) is 11.4 Å². The van der Waals surface area contributed by atoms with Crippen molar-refractivity contribution in [3.63, 3.8) is 0 Å². The molecule has 2 heterocycles. The number of carbonyl (C=O) groups is 3. The van der Waals surface area contributed by atoms with E-state index in [1.54, 1.807) is 38.7 Å². The van der Waals surface area contributed by atoms with Crippen molar-refractivity contribution in [2.45, 2.75) is 58.2 Å². The molecule has 33 heavy (non-hydrogen) atoms. The summed E-state index contributed by atoms with van der Waals surface area (Å²) in [6, 6.07) is 10.9. The largest absolute Gasteiger partial charge is 0.444 e. The van der Waals surface area contributed by atoms with Gasteiger partial charge in [-0.15, -0.1) is 0 Å². The number of rotatable bonds is 3. The number of likely N-dealkylation sites (tertiary alicyclic amines) is 1. The summed E-state index contributed by atoms with van der Waals surface area (Å²) in [5, 5.41) is 5.19. The lowest BCUT2D eigenvalue weighted by Crippen LogP contribution is -2.48. The van der Waals surface area contributed by atoms with Crippen LogP contribution in [-0.4, -0.2) is 46.0 Å². The molecule has 9 nitrogen and oxygen atoms in total. The van der Waals surface area contributed by atoms with Crippen molar-refractivity contribution in [1.82, 2.24) is 9.88 Å². The molecule has 1 aromatic carbocycles. The van der Waals surface area contributed by atoms with Crippen molar-refractivity contribution in [3.05, 3.63) is 53.7 Å². The summed E-state index contributed by atoms with van der Waals surface area (Å²) >= 11 is 0. The second-order valence-corrected chi connectivity index (χ2v) is 9.18. The van der Waals surface area contributed by atoms with Crippen LogP contribution in [-0.2, 0) is 14.3 Å². The highest BCUT2D eigenvalue weighted by molar-refractivity contribution is 6.39. The van der Waals surface area contributed by atoms with Gasteiger partial charge in [0.2, 0.25) is 0 Å². The molecule has 3 rings (SSSR count). The van der Waals surface area contributed by atoms with Gasteiger partial charge in [0.05, 0.1) is 17.9 Å². The zero-order chi connectivity index (χ0) is 24.2. The summed E-state index contributed by atoms with van der Waals surface area (Å²) in [6.45, 7) is 7.43. The lowest BCUT2D eigenvalue weighted by molar-refractivity contribution is -0.146. The molecular weight excluding hydrogens is 422 g/mol. The molecule has 0 spiro atoms. The van der Waals surface area contributed by atoms with Gasteiger partial charge in [0.15, 0.2) is 0 Å². The van der Waals surface area contributed by atoms with Gasteiger partial charge in [-0.25, -0.2) is 9.78 Å². The lowest BCUT2D eigenvalue weighted by atomic mass is 9.92. The Morgan fingerprint density at radius 3 is 2.48 bits per heavy atom. The highest BCUT2D eigenvalue weighted by Crippen LogP contribution is 2.30. The molecule has 0 saturated carbocycles. The number of aryl methyl sites for hydroxylation is 1. The maximum absolute atomic E-state index is 13.0. The second kappa shape index (κ2) is 9.99. The smallest absolute Gasteiger partial charge is 0.413 e. The number of hydrogen-bond acceptors (Lipinski definition) is 6. The molecule has 176 valence electrons. The fourth-order valence-electron chi connectivity index (χ4n) is 3.72. The predicted molar refractivity (Wildman–Crippen MR) is 126 cm³/mol. The molecule has 2 atom stereocenters. The monoisotopic (exact) mass is 453 g/mol. The van der Waals surface area contributed by atoms with Crippen LogP contribution < -0.4 is 16.4 Å². The molecule has 1 aliphatic rings. The van der Waals surface area contributed by atoms with Gasteiger partial charge in [0.25, 0.3) is 0 Å². The van der Waals surface area contributed by atoms with Crippen molar-refractivity contribution in [2.24, 2.45) is 5.73 Å². The molecule has 1 saturated heterocycles. The van der Waals surface area contributed by atoms with Crippen LogP contribution >= 0.6 is 0 Å². The Morgan fingerprint density at radius 1 is 1.15 bits per heavy atom. The summed E-state index contributed by atoms with van der Waals surface area (Å²) in [6.07, 6.45) is 1.98. The zero-order valence-corrected chi connectivity index (χ0v) is 19.4. The van der Waals surface area contributed by atoms with Gasteiger partial charge < -0.3 is 20.7 Å². The first kappa shape index (κ1) is 24.2.